The Morgan fingerprint density at radius 2 is 2.06 bits per heavy atom. The van der Waals surface area contributed by atoms with Crippen LogP contribution >= 0.6 is 11.6 Å². The molecule has 0 bridgehead atoms. The van der Waals surface area contributed by atoms with Gasteiger partial charge in [0.15, 0.2) is 0 Å². The number of hydrogen-bond donors (Lipinski definition) is 0. The van der Waals surface area contributed by atoms with Crippen LogP contribution in [0.1, 0.15) is 11.4 Å². The number of ether oxygens (including phenoxy) is 1. The lowest BCUT2D eigenvalue weighted by Gasteiger charge is -2.11. The van der Waals surface area contributed by atoms with Gasteiger partial charge in [-0.05, 0) is 36.6 Å². The Balaban J connectivity index is 2.44. The highest BCUT2D eigenvalue weighted by Crippen LogP contribution is 2.20. The number of nitrogens with zero attached hydrogens (tertiary/aromatic N) is 3. The maximum Gasteiger partial charge on any atom is 0.229 e. The molecule has 0 fully saturated rings. The van der Waals surface area contributed by atoms with E-state index in [1.807, 2.05) is 29.7 Å². The van der Waals surface area contributed by atoms with Gasteiger partial charge in [0.25, 0.3) is 0 Å². The van der Waals surface area contributed by atoms with Gasteiger partial charge in [0, 0.05) is 7.11 Å². The lowest BCUT2D eigenvalue weighted by Crippen LogP contribution is -2.04. The first-order chi connectivity index (χ1) is 8.24. The zero-order valence-electron chi connectivity index (χ0n) is 9.85. The smallest absolute Gasteiger partial charge is 0.229 e. The average molecular weight is 252 g/mol. The van der Waals surface area contributed by atoms with Gasteiger partial charge in [-0.2, -0.15) is 0 Å². The largest absolute Gasteiger partial charge is 0.384 e. The van der Waals surface area contributed by atoms with E-state index < -0.39 is 0 Å². The van der Waals surface area contributed by atoms with Gasteiger partial charge in [0.1, 0.15) is 5.82 Å². The van der Waals surface area contributed by atoms with Gasteiger partial charge >= 0.3 is 0 Å². The van der Waals surface area contributed by atoms with Crippen molar-refractivity contribution in [1.82, 2.24) is 14.8 Å². The van der Waals surface area contributed by atoms with E-state index in [9.17, 15) is 0 Å². The highest BCUT2D eigenvalue weighted by Gasteiger charge is 2.11. The topological polar surface area (TPSA) is 39.9 Å². The predicted molar refractivity (Wildman–Crippen MR) is 66.7 cm³/mol. The Kier molecular flexibility index (Phi) is 3.76. The number of benzene rings is 1. The third kappa shape index (κ3) is 2.48. The second kappa shape index (κ2) is 5.29. The summed E-state index contributed by atoms with van der Waals surface area (Å²) in [6, 6.07) is 8.04. The van der Waals surface area contributed by atoms with Crippen molar-refractivity contribution in [3.05, 3.63) is 40.9 Å². The first kappa shape index (κ1) is 12.1. The maximum atomic E-state index is 6.04. The molecule has 2 aromatic rings. The third-order valence-electron chi connectivity index (χ3n) is 2.59. The Bertz CT molecular complexity index is 491. The molecular formula is C12H14ClN3O. The average Bonchev–Trinajstić information content (AvgIpc) is 2.67. The molecule has 0 unspecified atom stereocenters. The number of rotatable bonds is 4. The number of methoxy groups -OCH3 is 1. The first-order valence-corrected chi connectivity index (χ1v) is 5.76. The molecule has 0 aliphatic carbocycles. The van der Waals surface area contributed by atoms with Crippen molar-refractivity contribution in [2.24, 2.45) is 0 Å². The fourth-order valence-electron chi connectivity index (χ4n) is 1.76. The number of aromatic nitrogens is 3. The van der Waals surface area contributed by atoms with Crippen LogP contribution in [0.3, 0.4) is 0 Å². The second-order valence-corrected chi connectivity index (χ2v) is 4.06. The van der Waals surface area contributed by atoms with Gasteiger partial charge in [-0.25, -0.2) is 0 Å². The van der Waals surface area contributed by atoms with E-state index in [1.165, 1.54) is 5.56 Å². The molecule has 0 saturated heterocycles. The Morgan fingerprint density at radius 3 is 2.71 bits per heavy atom. The summed E-state index contributed by atoms with van der Waals surface area (Å²) in [6.07, 6.45) is 0.834. The lowest BCUT2D eigenvalue weighted by molar-refractivity contribution is 0.202. The summed E-state index contributed by atoms with van der Waals surface area (Å²) < 4.78 is 6.94. The molecule has 0 amide bonds. The molecule has 17 heavy (non-hydrogen) atoms. The van der Waals surface area contributed by atoms with Crippen molar-refractivity contribution in [2.75, 3.05) is 13.7 Å². The number of halogens is 1. The fourth-order valence-corrected chi connectivity index (χ4v) is 2.01. The number of aryl methyl sites for hydroxylation is 1. The minimum atomic E-state index is 0.382. The second-order valence-electron chi connectivity index (χ2n) is 3.72. The molecule has 0 aliphatic heterocycles. The van der Waals surface area contributed by atoms with Gasteiger partial charge in [-0.1, -0.05) is 18.2 Å². The summed E-state index contributed by atoms with van der Waals surface area (Å²) in [6.45, 7) is 2.56. The summed E-state index contributed by atoms with van der Waals surface area (Å²) in [4.78, 5) is 0. The molecule has 1 aromatic carbocycles. The van der Waals surface area contributed by atoms with E-state index in [-0.39, 0.29) is 0 Å². The normalized spacial score (nSPS) is 10.8. The van der Waals surface area contributed by atoms with Crippen LogP contribution in [0.25, 0.3) is 5.69 Å². The van der Waals surface area contributed by atoms with Crippen molar-refractivity contribution in [1.29, 1.82) is 0 Å². The van der Waals surface area contributed by atoms with Crippen LogP contribution in [0.2, 0.25) is 5.28 Å². The predicted octanol–water partition coefficient (Wildman–Crippen LogP) is 2.42. The maximum absolute atomic E-state index is 6.04. The fraction of sp³-hybridized carbons (Fsp3) is 0.333. The van der Waals surface area contributed by atoms with Crippen LogP contribution in [0.4, 0.5) is 0 Å². The SMILES string of the molecule is COCCc1ccccc1-n1c(C)nnc1Cl. The molecule has 1 heterocycles. The minimum absolute atomic E-state index is 0.382. The van der Waals surface area contributed by atoms with E-state index in [0.29, 0.717) is 11.9 Å². The van der Waals surface area contributed by atoms with Gasteiger partial charge in [-0.3, -0.25) is 4.57 Å². The van der Waals surface area contributed by atoms with Crippen molar-refractivity contribution in [3.8, 4) is 5.69 Å². The van der Waals surface area contributed by atoms with Gasteiger partial charge < -0.3 is 4.74 Å². The number of hydrogen-bond acceptors (Lipinski definition) is 3. The van der Waals surface area contributed by atoms with Crippen LogP contribution in [-0.4, -0.2) is 28.5 Å². The van der Waals surface area contributed by atoms with Crippen LogP contribution in [0.15, 0.2) is 24.3 Å². The molecule has 1 aromatic heterocycles. The molecule has 90 valence electrons. The van der Waals surface area contributed by atoms with E-state index >= 15 is 0 Å². The van der Waals surface area contributed by atoms with E-state index in [2.05, 4.69) is 16.3 Å². The van der Waals surface area contributed by atoms with E-state index in [4.69, 9.17) is 16.3 Å². The van der Waals surface area contributed by atoms with Crippen molar-refractivity contribution in [3.63, 3.8) is 0 Å². The summed E-state index contributed by atoms with van der Waals surface area (Å²) in [5.74, 6) is 0.778. The highest BCUT2D eigenvalue weighted by atomic mass is 35.5. The Labute approximate surface area is 105 Å². The molecule has 0 aliphatic rings. The lowest BCUT2D eigenvalue weighted by atomic mass is 10.1. The summed E-state index contributed by atoms with van der Waals surface area (Å²) in [7, 11) is 1.69. The molecule has 2 rings (SSSR count). The molecular weight excluding hydrogens is 238 g/mol. The summed E-state index contributed by atoms with van der Waals surface area (Å²) in [5.41, 5.74) is 2.18. The molecule has 4 nitrogen and oxygen atoms in total. The highest BCUT2D eigenvalue weighted by molar-refractivity contribution is 6.28. The standard InChI is InChI=1S/C12H14ClN3O/c1-9-14-15-12(13)16(9)11-6-4-3-5-10(11)7-8-17-2/h3-6H,7-8H2,1-2H3. The molecule has 0 spiro atoms. The zero-order valence-corrected chi connectivity index (χ0v) is 10.6. The van der Waals surface area contributed by atoms with Crippen LogP contribution in [-0.2, 0) is 11.2 Å². The van der Waals surface area contributed by atoms with Crippen LogP contribution in [0, 0.1) is 6.92 Å². The molecule has 5 heteroatoms. The Hall–Kier alpha value is -1.39. The van der Waals surface area contributed by atoms with Crippen molar-refractivity contribution in [2.45, 2.75) is 13.3 Å². The first-order valence-electron chi connectivity index (χ1n) is 5.38. The van der Waals surface area contributed by atoms with Gasteiger partial charge in [-0.15, -0.1) is 10.2 Å². The quantitative estimate of drug-likeness (QED) is 0.838. The van der Waals surface area contributed by atoms with Crippen molar-refractivity contribution < 1.29 is 4.74 Å². The summed E-state index contributed by atoms with van der Waals surface area (Å²) in [5, 5.41) is 8.21. The zero-order chi connectivity index (χ0) is 12.3. The Morgan fingerprint density at radius 1 is 1.29 bits per heavy atom. The van der Waals surface area contributed by atoms with Crippen LogP contribution in [0.5, 0.6) is 0 Å². The monoisotopic (exact) mass is 251 g/mol. The van der Waals surface area contributed by atoms with E-state index in [0.717, 1.165) is 17.9 Å². The summed E-state index contributed by atoms with van der Waals surface area (Å²) >= 11 is 6.04. The van der Waals surface area contributed by atoms with Crippen LogP contribution < -0.4 is 0 Å². The van der Waals surface area contributed by atoms with Crippen molar-refractivity contribution >= 4 is 11.6 Å². The molecule has 0 saturated carbocycles. The van der Waals surface area contributed by atoms with Gasteiger partial charge in [0.2, 0.25) is 5.28 Å². The molecule has 0 radical (unpaired) electrons. The minimum Gasteiger partial charge on any atom is -0.384 e. The molecule has 0 atom stereocenters. The molecule has 0 N–H and O–H groups in total. The number of para-hydroxylation sites is 1. The van der Waals surface area contributed by atoms with E-state index in [1.54, 1.807) is 7.11 Å². The van der Waals surface area contributed by atoms with Gasteiger partial charge in [0.05, 0.1) is 12.3 Å². The third-order valence-corrected chi connectivity index (χ3v) is 2.84.